The number of urea groups is 1. The Kier molecular flexibility index (Phi) is 4.51. The van der Waals surface area contributed by atoms with Crippen molar-refractivity contribution in [3.63, 3.8) is 0 Å². The number of anilines is 1. The molecule has 0 unspecified atom stereocenters. The predicted molar refractivity (Wildman–Crippen MR) is 65.3 cm³/mol. The maximum atomic E-state index is 11.6. The Morgan fingerprint density at radius 2 is 1.88 bits per heavy atom. The highest BCUT2D eigenvalue weighted by Gasteiger charge is 2.08. The van der Waals surface area contributed by atoms with E-state index in [1.54, 1.807) is 24.1 Å². The zero-order valence-corrected chi connectivity index (χ0v) is 9.93. The predicted octanol–water partition coefficient (Wildman–Crippen LogP) is 2.26. The highest BCUT2D eigenvalue weighted by Crippen LogP contribution is 2.10. The second-order valence-electron chi connectivity index (χ2n) is 3.73. The van der Waals surface area contributed by atoms with E-state index in [9.17, 15) is 9.59 Å². The molecule has 0 aromatic heterocycles. The van der Waals surface area contributed by atoms with E-state index in [2.05, 4.69) is 5.32 Å². The molecular formula is C12H16N2O3. The van der Waals surface area contributed by atoms with Crippen LogP contribution in [-0.4, -0.2) is 35.6 Å². The summed E-state index contributed by atoms with van der Waals surface area (Å²) < 4.78 is 0. The standard InChI is InChI=1S/C12H16N2O3/c1-3-8-14(2)12(17)13-10-6-4-9(5-7-10)11(15)16/h4-7H,3,8H2,1-2H3,(H,13,17)(H,15,16). The first kappa shape index (κ1) is 13.0. The number of carboxylic acid groups (broad SMARTS) is 1. The number of carbonyl (C=O) groups is 2. The van der Waals surface area contributed by atoms with E-state index in [0.29, 0.717) is 12.2 Å². The van der Waals surface area contributed by atoms with Crippen LogP contribution in [0, 0.1) is 0 Å². The van der Waals surface area contributed by atoms with Gasteiger partial charge in [-0.3, -0.25) is 0 Å². The van der Waals surface area contributed by atoms with E-state index in [0.717, 1.165) is 6.42 Å². The van der Waals surface area contributed by atoms with Gasteiger partial charge in [-0.2, -0.15) is 0 Å². The molecule has 0 bridgehead atoms. The van der Waals surface area contributed by atoms with Crippen LogP contribution in [-0.2, 0) is 0 Å². The van der Waals surface area contributed by atoms with Crippen molar-refractivity contribution in [1.82, 2.24) is 4.90 Å². The van der Waals surface area contributed by atoms with Crippen LogP contribution in [0.4, 0.5) is 10.5 Å². The van der Waals surface area contributed by atoms with E-state index in [4.69, 9.17) is 5.11 Å². The van der Waals surface area contributed by atoms with Crippen LogP contribution < -0.4 is 5.32 Å². The molecule has 92 valence electrons. The van der Waals surface area contributed by atoms with Crippen LogP contribution in [0.1, 0.15) is 23.7 Å². The van der Waals surface area contributed by atoms with E-state index in [-0.39, 0.29) is 11.6 Å². The highest BCUT2D eigenvalue weighted by molar-refractivity contribution is 5.91. The summed E-state index contributed by atoms with van der Waals surface area (Å²) >= 11 is 0. The molecule has 0 aliphatic heterocycles. The molecule has 17 heavy (non-hydrogen) atoms. The molecule has 0 saturated carbocycles. The summed E-state index contributed by atoms with van der Waals surface area (Å²) in [6.07, 6.45) is 0.891. The Labute approximate surface area is 100 Å². The van der Waals surface area contributed by atoms with Crippen molar-refractivity contribution in [3.05, 3.63) is 29.8 Å². The van der Waals surface area contributed by atoms with Crippen molar-refractivity contribution in [3.8, 4) is 0 Å². The minimum atomic E-state index is -0.981. The van der Waals surface area contributed by atoms with Gasteiger partial charge in [0.15, 0.2) is 0 Å². The number of benzene rings is 1. The van der Waals surface area contributed by atoms with Crippen molar-refractivity contribution in [2.45, 2.75) is 13.3 Å². The molecule has 5 nitrogen and oxygen atoms in total. The summed E-state index contributed by atoms with van der Waals surface area (Å²) in [5, 5.41) is 11.4. The summed E-state index contributed by atoms with van der Waals surface area (Å²) in [7, 11) is 1.71. The molecule has 0 fully saturated rings. The Morgan fingerprint density at radius 3 is 2.35 bits per heavy atom. The third kappa shape index (κ3) is 3.79. The van der Waals surface area contributed by atoms with Crippen molar-refractivity contribution in [2.24, 2.45) is 0 Å². The Bertz CT molecular complexity index is 401. The van der Waals surface area contributed by atoms with Gasteiger partial charge in [-0.1, -0.05) is 6.92 Å². The molecule has 0 heterocycles. The first-order valence-corrected chi connectivity index (χ1v) is 5.40. The Balaban J connectivity index is 2.63. The van der Waals surface area contributed by atoms with Crippen molar-refractivity contribution < 1.29 is 14.7 Å². The summed E-state index contributed by atoms with van der Waals surface area (Å²) in [6, 6.07) is 5.85. The second-order valence-corrected chi connectivity index (χ2v) is 3.73. The van der Waals surface area contributed by atoms with E-state index >= 15 is 0 Å². The third-order valence-electron chi connectivity index (χ3n) is 2.29. The maximum Gasteiger partial charge on any atom is 0.335 e. The first-order chi connectivity index (χ1) is 8.04. The smallest absolute Gasteiger partial charge is 0.335 e. The minimum Gasteiger partial charge on any atom is -0.478 e. The fourth-order valence-electron chi connectivity index (χ4n) is 1.35. The van der Waals surface area contributed by atoms with Crippen LogP contribution in [0.5, 0.6) is 0 Å². The zero-order valence-electron chi connectivity index (χ0n) is 9.93. The van der Waals surface area contributed by atoms with E-state index < -0.39 is 5.97 Å². The fraction of sp³-hybridized carbons (Fsp3) is 0.333. The number of aromatic carboxylic acids is 1. The monoisotopic (exact) mass is 236 g/mol. The Morgan fingerprint density at radius 1 is 1.29 bits per heavy atom. The van der Waals surface area contributed by atoms with Gasteiger partial charge in [0.05, 0.1) is 5.56 Å². The van der Waals surface area contributed by atoms with Crippen molar-refractivity contribution in [2.75, 3.05) is 18.9 Å². The number of amides is 2. The normalized spacial score (nSPS) is 9.76. The molecule has 1 aromatic carbocycles. The topological polar surface area (TPSA) is 69.6 Å². The molecule has 1 rings (SSSR count). The number of hydrogen-bond donors (Lipinski definition) is 2. The zero-order chi connectivity index (χ0) is 12.8. The fourth-order valence-corrected chi connectivity index (χ4v) is 1.35. The van der Waals surface area contributed by atoms with Crippen LogP contribution in [0.15, 0.2) is 24.3 Å². The largest absolute Gasteiger partial charge is 0.478 e. The molecule has 0 atom stereocenters. The molecule has 0 radical (unpaired) electrons. The van der Waals surface area contributed by atoms with Gasteiger partial charge in [-0.15, -0.1) is 0 Å². The molecule has 1 aromatic rings. The summed E-state index contributed by atoms with van der Waals surface area (Å²) in [5.41, 5.74) is 0.785. The molecule has 0 aliphatic carbocycles. The molecule has 0 saturated heterocycles. The minimum absolute atomic E-state index is 0.199. The average molecular weight is 236 g/mol. The highest BCUT2D eigenvalue weighted by atomic mass is 16.4. The van der Waals surface area contributed by atoms with Crippen LogP contribution in [0.2, 0.25) is 0 Å². The SMILES string of the molecule is CCCN(C)C(=O)Nc1ccc(C(=O)O)cc1. The second kappa shape index (κ2) is 5.89. The number of carbonyl (C=O) groups excluding carboxylic acids is 1. The van der Waals surface area contributed by atoms with Gasteiger partial charge in [0.2, 0.25) is 0 Å². The lowest BCUT2D eigenvalue weighted by molar-refractivity contribution is 0.0697. The van der Waals surface area contributed by atoms with Gasteiger partial charge < -0.3 is 15.3 Å². The molecule has 0 aliphatic rings. The van der Waals surface area contributed by atoms with Gasteiger partial charge in [0.25, 0.3) is 0 Å². The maximum absolute atomic E-state index is 11.6. The van der Waals surface area contributed by atoms with Gasteiger partial charge in [0, 0.05) is 19.3 Å². The van der Waals surface area contributed by atoms with Crippen LogP contribution in [0.3, 0.4) is 0 Å². The van der Waals surface area contributed by atoms with Crippen molar-refractivity contribution in [1.29, 1.82) is 0 Å². The van der Waals surface area contributed by atoms with Gasteiger partial charge in [0.1, 0.15) is 0 Å². The summed E-state index contributed by atoms with van der Waals surface area (Å²) in [5.74, 6) is -0.981. The van der Waals surface area contributed by atoms with E-state index in [1.165, 1.54) is 12.1 Å². The number of nitrogens with one attached hydrogen (secondary N) is 1. The Hall–Kier alpha value is -2.04. The number of hydrogen-bond acceptors (Lipinski definition) is 2. The lowest BCUT2D eigenvalue weighted by Gasteiger charge is -2.16. The lowest BCUT2D eigenvalue weighted by Crippen LogP contribution is -2.31. The van der Waals surface area contributed by atoms with Crippen molar-refractivity contribution >= 4 is 17.7 Å². The number of nitrogens with zero attached hydrogens (tertiary/aromatic N) is 1. The molecular weight excluding hydrogens is 220 g/mol. The van der Waals surface area contributed by atoms with E-state index in [1.807, 2.05) is 6.92 Å². The summed E-state index contributed by atoms with van der Waals surface area (Å²) in [6.45, 7) is 2.67. The van der Waals surface area contributed by atoms with Gasteiger partial charge in [-0.05, 0) is 30.7 Å². The molecule has 0 spiro atoms. The lowest BCUT2D eigenvalue weighted by atomic mass is 10.2. The number of rotatable bonds is 4. The summed E-state index contributed by atoms with van der Waals surface area (Å²) in [4.78, 5) is 23.8. The quantitative estimate of drug-likeness (QED) is 0.842. The van der Waals surface area contributed by atoms with Gasteiger partial charge >= 0.3 is 12.0 Å². The van der Waals surface area contributed by atoms with Crippen LogP contribution >= 0.6 is 0 Å². The molecule has 5 heteroatoms. The van der Waals surface area contributed by atoms with Gasteiger partial charge in [-0.25, -0.2) is 9.59 Å². The first-order valence-electron chi connectivity index (χ1n) is 5.40. The number of carboxylic acids is 1. The van der Waals surface area contributed by atoms with Crippen LogP contribution in [0.25, 0.3) is 0 Å². The third-order valence-corrected chi connectivity index (χ3v) is 2.29. The molecule has 2 N–H and O–H groups in total. The average Bonchev–Trinajstić information content (AvgIpc) is 2.30. The molecule has 2 amide bonds.